The molecule has 1 unspecified atom stereocenters. The quantitative estimate of drug-likeness (QED) is 0.855. The lowest BCUT2D eigenvalue weighted by Gasteiger charge is -2.23. The van der Waals surface area contributed by atoms with E-state index in [1.165, 1.54) is 4.90 Å². The van der Waals surface area contributed by atoms with Gasteiger partial charge in [-0.25, -0.2) is 9.78 Å². The van der Waals surface area contributed by atoms with Crippen LogP contribution in [0.1, 0.15) is 18.2 Å². The predicted molar refractivity (Wildman–Crippen MR) is 90.0 cm³/mol. The highest BCUT2D eigenvalue weighted by Gasteiger charge is 2.14. The Labute approximate surface area is 136 Å². The maximum absolute atomic E-state index is 12.1. The number of likely N-dealkylation sites (N-methyl/N-ethyl adjacent to an activating group) is 1. The highest BCUT2D eigenvalue weighted by Crippen LogP contribution is 2.11. The lowest BCUT2D eigenvalue weighted by atomic mass is 10.2. The van der Waals surface area contributed by atoms with Crippen molar-refractivity contribution in [1.82, 2.24) is 9.88 Å². The Bertz CT molecular complexity index is 720. The first kappa shape index (κ1) is 16.5. The lowest BCUT2D eigenvalue weighted by molar-refractivity contribution is 0.166. The van der Waals surface area contributed by atoms with Crippen LogP contribution in [0, 0.1) is 11.8 Å². The average Bonchev–Trinajstić information content (AvgIpc) is 2.59. The second kappa shape index (κ2) is 7.97. The number of carbonyl (C=O) groups is 1. The van der Waals surface area contributed by atoms with Crippen LogP contribution in [-0.2, 0) is 0 Å². The van der Waals surface area contributed by atoms with Crippen molar-refractivity contribution in [2.24, 2.45) is 0 Å². The number of anilines is 1. The summed E-state index contributed by atoms with van der Waals surface area (Å²) in [6.45, 7) is 1.69. The monoisotopic (exact) mass is 309 g/mol. The van der Waals surface area contributed by atoms with Crippen LogP contribution in [-0.4, -0.2) is 40.7 Å². The molecule has 1 atom stereocenters. The van der Waals surface area contributed by atoms with Crippen LogP contribution in [0.25, 0.3) is 0 Å². The Balaban J connectivity index is 2.09. The first-order valence-electron chi connectivity index (χ1n) is 7.28. The van der Waals surface area contributed by atoms with E-state index in [-0.39, 0.29) is 18.7 Å². The van der Waals surface area contributed by atoms with Crippen LogP contribution in [0.5, 0.6) is 0 Å². The minimum absolute atomic E-state index is 0.0838. The van der Waals surface area contributed by atoms with Crippen molar-refractivity contribution in [3.05, 3.63) is 59.9 Å². The third kappa shape index (κ3) is 4.83. The van der Waals surface area contributed by atoms with Gasteiger partial charge < -0.3 is 15.3 Å². The molecule has 5 nitrogen and oxygen atoms in total. The van der Waals surface area contributed by atoms with Crippen LogP contribution >= 0.6 is 0 Å². The van der Waals surface area contributed by atoms with Gasteiger partial charge in [-0.05, 0) is 43.2 Å². The Kier molecular flexibility index (Phi) is 5.73. The molecule has 1 aromatic carbocycles. The molecule has 0 radical (unpaired) electrons. The van der Waals surface area contributed by atoms with Gasteiger partial charge in [-0.1, -0.05) is 18.1 Å². The lowest BCUT2D eigenvalue weighted by Crippen LogP contribution is -2.40. The number of nitrogens with zero attached hydrogens (tertiary/aromatic N) is 2. The third-order valence-electron chi connectivity index (χ3n) is 3.36. The summed E-state index contributed by atoms with van der Waals surface area (Å²) in [7, 11) is 1.64. The van der Waals surface area contributed by atoms with Crippen molar-refractivity contribution in [3.8, 4) is 11.8 Å². The average molecular weight is 309 g/mol. The molecule has 2 rings (SSSR count). The van der Waals surface area contributed by atoms with Crippen molar-refractivity contribution in [3.63, 3.8) is 0 Å². The summed E-state index contributed by atoms with van der Waals surface area (Å²) in [5.41, 5.74) is 2.13. The second-order valence-corrected chi connectivity index (χ2v) is 5.12. The molecular formula is C18H19N3O2. The number of aromatic nitrogens is 1. The summed E-state index contributed by atoms with van der Waals surface area (Å²) in [5, 5.41) is 11.9. The van der Waals surface area contributed by atoms with Crippen molar-refractivity contribution in [2.45, 2.75) is 13.0 Å². The van der Waals surface area contributed by atoms with E-state index in [0.29, 0.717) is 11.4 Å². The minimum Gasteiger partial charge on any atom is -0.394 e. The number of aliphatic hydroxyl groups is 1. The summed E-state index contributed by atoms with van der Waals surface area (Å²) >= 11 is 0. The number of pyridine rings is 1. The van der Waals surface area contributed by atoms with E-state index < -0.39 is 0 Å². The largest absolute Gasteiger partial charge is 0.394 e. The zero-order valence-corrected chi connectivity index (χ0v) is 13.2. The molecule has 23 heavy (non-hydrogen) atoms. The van der Waals surface area contributed by atoms with Gasteiger partial charge in [-0.2, -0.15) is 0 Å². The smallest absolute Gasteiger partial charge is 0.321 e. The van der Waals surface area contributed by atoms with Gasteiger partial charge in [0, 0.05) is 24.5 Å². The van der Waals surface area contributed by atoms with Crippen LogP contribution < -0.4 is 5.32 Å². The Hall–Kier alpha value is -2.84. The molecular weight excluding hydrogens is 290 g/mol. The molecule has 0 bridgehead atoms. The van der Waals surface area contributed by atoms with E-state index in [0.717, 1.165) is 5.56 Å². The summed E-state index contributed by atoms with van der Waals surface area (Å²) in [6, 6.07) is 12.3. The molecule has 1 heterocycles. The normalized spacial score (nSPS) is 11.1. The summed E-state index contributed by atoms with van der Waals surface area (Å²) < 4.78 is 0. The maximum Gasteiger partial charge on any atom is 0.321 e. The van der Waals surface area contributed by atoms with Gasteiger partial charge in [0.25, 0.3) is 0 Å². The Morgan fingerprint density at radius 2 is 2.13 bits per heavy atom. The molecule has 0 aliphatic heterocycles. The highest BCUT2D eigenvalue weighted by atomic mass is 16.3. The van der Waals surface area contributed by atoms with Gasteiger partial charge in [-0.3, -0.25) is 0 Å². The van der Waals surface area contributed by atoms with Gasteiger partial charge in [0.15, 0.2) is 0 Å². The van der Waals surface area contributed by atoms with Crippen LogP contribution in [0.3, 0.4) is 0 Å². The van der Waals surface area contributed by atoms with Gasteiger partial charge in [0.2, 0.25) is 0 Å². The number of rotatable bonds is 3. The molecule has 1 aromatic heterocycles. The molecule has 0 saturated carbocycles. The van der Waals surface area contributed by atoms with E-state index in [1.807, 2.05) is 30.3 Å². The molecule has 0 fully saturated rings. The number of amides is 2. The molecule has 118 valence electrons. The maximum atomic E-state index is 12.1. The SMILES string of the molecule is CC(CO)N(C)C(=O)Nc1cccc(C#Cc2ccccn2)c1. The number of aliphatic hydroxyl groups excluding tert-OH is 1. The number of hydrogen-bond acceptors (Lipinski definition) is 3. The van der Waals surface area contributed by atoms with Crippen molar-refractivity contribution in [1.29, 1.82) is 0 Å². The van der Waals surface area contributed by atoms with Gasteiger partial charge in [0.1, 0.15) is 5.69 Å². The zero-order chi connectivity index (χ0) is 16.7. The molecule has 5 heteroatoms. The summed E-state index contributed by atoms with van der Waals surface area (Å²) in [4.78, 5) is 17.7. The fourth-order valence-electron chi connectivity index (χ4n) is 1.78. The second-order valence-electron chi connectivity index (χ2n) is 5.12. The third-order valence-corrected chi connectivity index (χ3v) is 3.36. The number of benzene rings is 1. The molecule has 2 amide bonds. The summed E-state index contributed by atoms with van der Waals surface area (Å²) in [6.07, 6.45) is 1.69. The summed E-state index contributed by atoms with van der Waals surface area (Å²) in [5.74, 6) is 5.99. The van der Waals surface area contributed by atoms with E-state index in [2.05, 4.69) is 22.1 Å². The number of nitrogens with one attached hydrogen (secondary N) is 1. The predicted octanol–water partition coefficient (Wildman–Crippen LogP) is 2.33. The fourth-order valence-corrected chi connectivity index (χ4v) is 1.78. The van der Waals surface area contributed by atoms with E-state index in [4.69, 9.17) is 5.11 Å². The van der Waals surface area contributed by atoms with Crippen LogP contribution in [0.2, 0.25) is 0 Å². The topological polar surface area (TPSA) is 65.5 Å². The molecule has 0 aliphatic rings. The number of carbonyl (C=O) groups excluding carboxylic acids is 1. The van der Waals surface area contributed by atoms with Crippen LogP contribution in [0.15, 0.2) is 48.7 Å². The molecule has 0 spiro atoms. The van der Waals surface area contributed by atoms with E-state index >= 15 is 0 Å². The molecule has 0 aliphatic carbocycles. The van der Waals surface area contributed by atoms with Crippen LogP contribution in [0.4, 0.5) is 10.5 Å². The van der Waals surface area contributed by atoms with Crippen molar-refractivity contribution < 1.29 is 9.90 Å². The molecule has 2 aromatic rings. The number of hydrogen-bond donors (Lipinski definition) is 2. The first-order valence-corrected chi connectivity index (χ1v) is 7.28. The Morgan fingerprint density at radius 3 is 2.83 bits per heavy atom. The number of urea groups is 1. The van der Waals surface area contributed by atoms with Gasteiger partial charge in [0.05, 0.1) is 12.6 Å². The van der Waals surface area contributed by atoms with Gasteiger partial charge in [-0.15, -0.1) is 0 Å². The molecule has 0 saturated heterocycles. The molecule has 2 N–H and O–H groups in total. The first-order chi connectivity index (χ1) is 11.1. The van der Waals surface area contributed by atoms with E-state index in [9.17, 15) is 4.79 Å². The van der Waals surface area contributed by atoms with E-state index in [1.54, 1.807) is 32.3 Å². The van der Waals surface area contributed by atoms with Gasteiger partial charge >= 0.3 is 6.03 Å². The highest BCUT2D eigenvalue weighted by molar-refractivity contribution is 5.89. The zero-order valence-electron chi connectivity index (χ0n) is 13.2. The van der Waals surface area contributed by atoms with Crippen molar-refractivity contribution >= 4 is 11.7 Å². The Morgan fingerprint density at radius 1 is 1.30 bits per heavy atom. The van der Waals surface area contributed by atoms with Crippen molar-refractivity contribution in [2.75, 3.05) is 19.0 Å². The minimum atomic E-state index is -0.276. The standard InChI is InChI=1S/C18H19N3O2/c1-14(13-22)21(2)18(23)20-17-8-5-6-15(12-17)9-10-16-7-3-4-11-19-16/h3-8,11-12,14,22H,13H2,1-2H3,(H,20,23). The fraction of sp³-hybridized carbons (Fsp3) is 0.222.